The Morgan fingerprint density at radius 3 is 2.75 bits per heavy atom. The largest absolute Gasteiger partial charge is 0.454 e. The Morgan fingerprint density at radius 2 is 1.92 bits per heavy atom. The maximum absolute atomic E-state index is 12.7. The van der Waals surface area contributed by atoms with Gasteiger partial charge in [-0.3, -0.25) is 0 Å². The van der Waals surface area contributed by atoms with Gasteiger partial charge in [0.2, 0.25) is 16.8 Å². The molecule has 0 spiro atoms. The molecule has 0 bridgehead atoms. The van der Waals surface area contributed by atoms with E-state index >= 15 is 0 Å². The molecule has 0 unspecified atom stereocenters. The number of hydrogen-bond acceptors (Lipinski definition) is 5. The SMILES string of the molecule is CN1[C@@H](Cc2ccc3c(c2)OCO3)[C@H](O)c2ccccc2S1(=O)=O. The monoisotopic (exact) mass is 347 g/mol. The Bertz CT molecular complexity index is 896. The van der Waals surface area contributed by atoms with Gasteiger partial charge in [0.15, 0.2) is 11.5 Å². The number of benzene rings is 2. The average Bonchev–Trinajstić information content (AvgIpc) is 3.05. The molecular formula is C17H17NO5S. The lowest BCUT2D eigenvalue weighted by Crippen LogP contribution is -2.46. The van der Waals surface area contributed by atoms with Crippen LogP contribution < -0.4 is 9.47 Å². The van der Waals surface area contributed by atoms with Crippen LogP contribution in [0.3, 0.4) is 0 Å². The number of hydrogen-bond donors (Lipinski definition) is 1. The van der Waals surface area contributed by atoms with E-state index in [9.17, 15) is 13.5 Å². The van der Waals surface area contributed by atoms with Crippen molar-refractivity contribution >= 4 is 10.0 Å². The summed E-state index contributed by atoms with van der Waals surface area (Å²) >= 11 is 0. The predicted molar refractivity (Wildman–Crippen MR) is 86.4 cm³/mol. The number of fused-ring (bicyclic) bond motifs is 2. The second-order valence-corrected chi connectivity index (χ2v) is 7.93. The molecule has 7 heteroatoms. The van der Waals surface area contributed by atoms with Crippen molar-refractivity contribution < 1.29 is 23.0 Å². The minimum Gasteiger partial charge on any atom is -0.454 e. The highest BCUT2D eigenvalue weighted by Crippen LogP contribution is 2.38. The van der Waals surface area contributed by atoms with Crippen LogP contribution in [0.1, 0.15) is 17.2 Å². The number of likely N-dealkylation sites (N-methyl/N-ethyl adjacent to an activating group) is 1. The van der Waals surface area contributed by atoms with Gasteiger partial charge in [-0.1, -0.05) is 24.3 Å². The molecule has 2 aromatic carbocycles. The topological polar surface area (TPSA) is 76.1 Å². The number of ether oxygens (including phenoxy) is 2. The van der Waals surface area contributed by atoms with Crippen molar-refractivity contribution in [2.24, 2.45) is 0 Å². The molecule has 2 heterocycles. The van der Waals surface area contributed by atoms with Gasteiger partial charge in [-0.05, 0) is 30.2 Å². The second kappa shape index (κ2) is 5.47. The van der Waals surface area contributed by atoms with Crippen LogP contribution in [-0.2, 0) is 16.4 Å². The number of nitrogens with zero attached hydrogens (tertiary/aromatic N) is 1. The van der Waals surface area contributed by atoms with E-state index in [4.69, 9.17) is 9.47 Å². The minimum absolute atomic E-state index is 0.168. The first-order chi connectivity index (χ1) is 11.5. The molecule has 2 aliphatic heterocycles. The Kier molecular flexibility index (Phi) is 3.52. The van der Waals surface area contributed by atoms with Crippen LogP contribution in [0, 0.1) is 0 Å². The zero-order chi connectivity index (χ0) is 16.9. The highest BCUT2D eigenvalue weighted by atomic mass is 32.2. The van der Waals surface area contributed by atoms with Gasteiger partial charge in [-0.15, -0.1) is 0 Å². The average molecular weight is 347 g/mol. The van der Waals surface area contributed by atoms with Crippen LogP contribution in [0.4, 0.5) is 0 Å². The zero-order valence-corrected chi connectivity index (χ0v) is 13.9. The lowest BCUT2D eigenvalue weighted by molar-refractivity contribution is 0.0891. The molecule has 4 rings (SSSR count). The Hall–Kier alpha value is -2.09. The van der Waals surface area contributed by atoms with Crippen LogP contribution in [0.15, 0.2) is 47.4 Å². The van der Waals surface area contributed by atoms with E-state index in [1.807, 2.05) is 12.1 Å². The third kappa shape index (κ3) is 2.28. The summed E-state index contributed by atoms with van der Waals surface area (Å²) in [7, 11) is -2.11. The number of aliphatic hydroxyl groups is 1. The van der Waals surface area contributed by atoms with Crippen molar-refractivity contribution in [2.45, 2.75) is 23.5 Å². The Morgan fingerprint density at radius 1 is 1.17 bits per heavy atom. The van der Waals surface area contributed by atoms with E-state index in [1.54, 1.807) is 24.3 Å². The molecule has 2 aliphatic rings. The molecule has 0 aliphatic carbocycles. The molecule has 6 nitrogen and oxygen atoms in total. The smallest absolute Gasteiger partial charge is 0.243 e. The van der Waals surface area contributed by atoms with Gasteiger partial charge in [-0.2, -0.15) is 4.31 Å². The van der Waals surface area contributed by atoms with Crippen molar-refractivity contribution in [1.29, 1.82) is 0 Å². The molecule has 0 saturated carbocycles. The molecule has 0 amide bonds. The van der Waals surface area contributed by atoms with Crippen molar-refractivity contribution in [3.63, 3.8) is 0 Å². The van der Waals surface area contributed by atoms with Gasteiger partial charge in [-0.25, -0.2) is 8.42 Å². The van der Waals surface area contributed by atoms with Gasteiger partial charge in [0.1, 0.15) is 0 Å². The van der Waals surface area contributed by atoms with Crippen LogP contribution >= 0.6 is 0 Å². The van der Waals surface area contributed by atoms with Crippen molar-refractivity contribution in [3.8, 4) is 11.5 Å². The van der Waals surface area contributed by atoms with Crippen LogP contribution in [-0.4, -0.2) is 37.7 Å². The van der Waals surface area contributed by atoms with Gasteiger partial charge < -0.3 is 14.6 Å². The molecule has 2 aromatic rings. The first kappa shape index (κ1) is 15.4. The summed E-state index contributed by atoms with van der Waals surface area (Å²) in [5, 5.41) is 10.7. The fraction of sp³-hybridized carbons (Fsp3) is 0.294. The highest BCUT2D eigenvalue weighted by Gasteiger charge is 2.41. The van der Waals surface area contributed by atoms with Crippen LogP contribution in [0.5, 0.6) is 11.5 Å². The van der Waals surface area contributed by atoms with E-state index in [0.717, 1.165) is 5.56 Å². The molecule has 0 fully saturated rings. The molecule has 0 saturated heterocycles. The van der Waals surface area contributed by atoms with Gasteiger partial charge in [0, 0.05) is 12.6 Å². The summed E-state index contributed by atoms with van der Waals surface area (Å²) in [6.07, 6.45) is -0.512. The van der Waals surface area contributed by atoms with Crippen molar-refractivity contribution in [2.75, 3.05) is 13.8 Å². The zero-order valence-electron chi connectivity index (χ0n) is 13.0. The Balaban J connectivity index is 1.71. The van der Waals surface area contributed by atoms with Gasteiger partial charge in [0.05, 0.1) is 17.0 Å². The summed E-state index contributed by atoms with van der Waals surface area (Å²) in [5.41, 5.74) is 1.33. The molecule has 0 radical (unpaired) electrons. The second-order valence-electron chi connectivity index (χ2n) is 5.96. The first-order valence-electron chi connectivity index (χ1n) is 7.62. The molecule has 0 aromatic heterocycles. The fourth-order valence-corrected chi connectivity index (χ4v) is 4.84. The fourth-order valence-electron chi connectivity index (χ4n) is 3.25. The summed E-state index contributed by atoms with van der Waals surface area (Å²) < 4.78 is 37.3. The summed E-state index contributed by atoms with van der Waals surface area (Å²) in [6, 6.07) is 11.5. The maximum atomic E-state index is 12.7. The van der Waals surface area contributed by atoms with Crippen LogP contribution in [0.25, 0.3) is 0 Å². The summed E-state index contributed by atoms with van der Waals surface area (Å²) in [4.78, 5) is 0.168. The first-order valence-corrected chi connectivity index (χ1v) is 9.06. The van der Waals surface area contributed by atoms with Crippen molar-refractivity contribution in [3.05, 3.63) is 53.6 Å². The van der Waals surface area contributed by atoms with E-state index in [0.29, 0.717) is 23.5 Å². The molecule has 2 atom stereocenters. The van der Waals surface area contributed by atoms with E-state index in [2.05, 4.69) is 0 Å². The quantitative estimate of drug-likeness (QED) is 0.895. The lowest BCUT2D eigenvalue weighted by Gasteiger charge is -2.37. The van der Waals surface area contributed by atoms with Gasteiger partial charge in [0.25, 0.3) is 0 Å². The highest BCUT2D eigenvalue weighted by molar-refractivity contribution is 7.89. The minimum atomic E-state index is -3.62. The molecule has 24 heavy (non-hydrogen) atoms. The van der Waals surface area contributed by atoms with E-state index < -0.39 is 22.2 Å². The molecular weight excluding hydrogens is 330 g/mol. The number of sulfonamides is 1. The Labute approximate surface area is 140 Å². The number of aliphatic hydroxyl groups excluding tert-OH is 1. The summed E-state index contributed by atoms with van der Waals surface area (Å²) in [5.74, 6) is 1.32. The standard InChI is InChI=1S/C17H17NO5S/c1-18-13(8-11-6-7-14-15(9-11)23-10-22-14)17(19)12-4-2-3-5-16(12)24(18,20)21/h2-7,9,13,17,19H,8,10H2,1H3/t13-,17+/m0/s1. The van der Waals surface area contributed by atoms with Crippen molar-refractivity contribution in [1.82, 2.24) is 4.31 Å². The normalized spacial score (nSPS) is 24.6. The van der Waals surface area contributed by atoms with E-state index in [1.165, 1.54) is 17.4 Å². The lowest BCUT2D eigenvalue weighted by atomic mass is 9.95. The van der Waals surface area contributed by atoms with E-state index in [-0.39, 0.29) is 11.7 Å². The number of rotatable bonds is 2. The third-order valence-corrected chi connectivity index (χ3v) is 6.56. The predicted octanol–water partition coefficient (Wildman–Crippen LogP) is 1.69. The van der Waals surface area contributed by atoms with Gasteiger partial charge >= 0.3 is 0 Å². The summed E-state index contributed by atoms with van der Waals surface area (Å²) in [6.45, 7) is 0.187. The maximum Gasteiger partial charge on any atom is 0.243 e. The molecule has 1 N–H and O–H groups in total. The third-order valence-electron chi connectivity index (χ3n) is 4.61. The van der Waals surface area contributed by atoms with Crippen LogP contribution in [0.2, 0.25) is 0 Å². The molecule has 126 valence electrons.